The van der Waals surface area contributed by atoms with Crippen LogP contribution in [-0.2, 0) is 14.3 Å². The highest BCUT2D eigenvalue weighted by Gasteiger charge is 2.15. The van der Waals surface area contributed by atoms with Crippen molar-refractivity contribution >= 4 is 23.9 Å². The molecule has 2 aromatic carbocycles. The van der Waals surface area contributed by atoms with Crippen molar-refractivity contribution in [1.82, 2.24) is 19.4 Å². The van der Waals surface area contributed by atoms with E-state index in [2.05, 4.69) is 38.0 Å². The van der Waals surface area contributed by atoms with Crippen LogP contribution in [0.3, 0.4) is 0 Å². The summed E-state index contributed by atoms with van der Waals surface area (Å²) in [7, 11) is 0. The normalized spacial score (nSPS) is 16.8. The smallest absolute Gasteiger partial charge is 0.211 e. The van der Waals surface area contributed by atoms with Crippen molar-refractivity contribution in [2.75, 3.05) is 83.4 Å². The van der Waals surface area contributed by atoms with Crippen LogP contribution in [0.1, 0.15) is 0 Å². The number of rotatable bonds is 12. The van der Waals surface area contributed by atoms with Crippen molar-refractivity contribution in [3.8, 4) is 22.7 Å². The molecule has 0 atom stereocenters. The number of morpholine rings is 2. The van der Waals surface area contributed by atoms with Crippen molar-refractivity contribution in [1.29, 1.82) is 0 Å². The summed E-state index contributed by atoms with van der Waals surface area (Å²) in [5.74, 6) is 1.80. The first-order chi connectivity index (χ1) is 18.8. The second-order valence-corrected chi connectivity index (χ2v) is 10.3. The van der Waals surface area contributed by atoms with E-state index in [1.54, 1.807) is 11.8 Å². The van der Waals surface area contributed by atoms with Crippen LogP contribution in [0.25, 0.3) is 16.9 Å². The van der Waals surface area contributed by atoms with Crippen molar-refractivity contribution in [2.24, 2.45) is 0 Å². The lowest BCUT2D eigenvalue weighted by Gasteiger charge is -2.26. The molecule has 0 aliphatic carbocycles. The van der Waals surface area contributed by atoms with Crippen LogP contribution >= 0.6 is 11.8 Å². The molecule has 1 aromatic heterocycles. The van der Waals surface area contributed by atoms with Crippen LogP contribution < -0.4 is 10.1 Å². The Hall–Kier alpha value is -2.89. The zero-order valence-electron chi connectivity index (χ0n) is 21.6. The van der Waals surface area contributed by atoms with Gasteiger partial charge in [0.1, 0.15) is 12.4 Å². The van der Waals surface area contributed by atoms with Crippen LogP contribution in [0.5, 0.6) is 5.75 Å². The summed E-state index contributed by atoms with van der Waals surface area (Å²) in [6.07, 6.45) is 2.76. The fourth-order valence-corrected chi connectivity index (χ4v) is 5.50. The topological polar surface area (TPSA) is 81.1 Å². The lowest BCUT2D eigenvalue weighted by molar-refractivity contribution is -0.105. The summed E-state index contributed by atoms with van der Waals surface area (Å²) >= 11 is 1.75. The van der Waals surface area contributed by atoms with E-state index in [9.17, 15) is 4.79 Å². The summed E-state index contributed by atoms with van der Waals surface area (Å²) in [4.78, 5) is 20.6. The van der Waals surface area contributed by atoms with E-state index < -0.39 is 0 Å². The molecule has 0 bridgehead atoms. The van der Waals surface area contributed by atoms with E-state index in [0.717, 1.165) is 105 Å². The Balaban J connectivity index is 1.26. The van der Waals surface area contributed by atoms with Crippen LogP contribution in [0, 0.1) is 0 Å². The van der Waals surface area contributed by atoms with Gasteiger partial charge in [0.2, 0.25) is 6.41 Å². The first kappa shape index (κ1) is 26.7. The van der Waals surface area contributed by atoms with E-state index >= 15 is 0 Å². The Morgan fingerprint density at radius 3 is 2.21 bits per heavy atom. The van der Waals surface area contributed by atoms with E-state index in [1.807, 2.05) is 36.4 Å². The van der Waals surface area contributed by atoms with E-state index in [0.29, 0.717) is 13.0 Å². The lowest BCUT2D eigenvalue weighted by Crippen LogP contribution is -2.38. The fraction of sp³-hybridized carbons (Fsp3) is 0.429. The zero-order chi connectivity index (χ0) is 26.0. The fourth-order valence-electron chi connectivity index (χ4n) is 4.51. The van der Waals surface area contributed by atoms with Gasteiger partial charge in [-0.15, -0.1) is 0 Å². The molecule has 38 heavy (non-hydrogen) atoms. The second kappa shape index (κ2) is 13.8. The molecule has 3 heterocycles. The van der Waals surface area contributed by atoms with E-state index in [1.165, 1.54) is 0 Å². The predicted molar refractivity (Wildman–Crippen MR) is 149 cm³/mol. The number of hydrogen-bond donors (Lipinski definition) is 1. The van der Waals surface area contributed by atoms with Crippen molar-refractivity contribution in [2.45, 2.75) is 5.16 Å². The lowest BCUT2D eigenvalue weighted by atomic mass is 10.1. The SMILES string of the molecule is O=CNc1ccc(-n2cc(-c3ccc(OCCN4CCOCC4)cc3)nc2SCCN2CCOCC2)cc1. The first-order valence-electron chi connectivity index (χ1n) is 13.1. The van der Waals surface area contributed by atoms with Gasteiger partial charge in [0.25, 0.3) is 0 Å². The maximum absolute atomic E-state index is 10.8. The standard InChI is InChI=1S/C28H35N5O4S/c34-22-29-24-3-5-25(6-4-24)33-21-27(30-28(33)38-20-14-32-11-17-36-18-12-32)23-1-7-26(8-2-23)37-19-13-31-9-15-35-16-10-31/h1-8,21-22H,9-20H2,(H,29,34). The van der Waals surface area contributed by atoms with Crippen LogP contribution in [0.15, 0.2) is 59.9 Å². The van der Waals surface area contributed by atoms with Crippen LogP contribution in [-0.4, -0.2) is 104 Å². The number of hydrogen-bond acceptors (Lipinski definition) is 8. The minimum absolute atomic E-state index is 0.660. The molecule has 5 rings (SSSR count). The number of benzene rings is 2. The molecule has 0 unspecified atom stereocenters. The Labute approximate surface area is 228 Å². The number of nitrogens with zero attached hydrogens (tertiary/aromatic N) is 4. The molecular weight excluding hydrogens is 502 g/mol. The second-order valence-electron chi connectivity index (χ2n) is 9.22. The first-order valence-corrected chi connectivity index (χ1v) is 14.1. The monoisotopic (exact) mass is 537 g/mol. The van der Waals surface area contributed by atoms with Gasteiger partial charge < -0.3 is 19.5 Å². The average Bonchev–Trinajstić information content (AvgIpc) is 3.39. The largest absolute Gasteiger partial charge is 0.492 e. The highest BCUT2D eigenvalue weighted by atomic mass is 32.2. The molecule has 2 aliphatic rings. The molecule has 10 heteroatoms. The number of carbonyl (C=O) groups is 1. The Morgan fingerprint density at radius 1 is 0.895 bits per heavy atom. The Bertz CT molecular complexity index is 1140. The molecule has 202 valence electrons. The number of thioether (sulfide) groups is 1. The van der Waals surface area contributed by atoms with Crippen molar-refractivity contribution in [3.63, 3.8) is 0 Å². The summed E-state index contributed by atoms with van der Waals surface area (Å²) < 4.78 is 19.0. The zero-order valence-corrected chi connectivity index (χ0v) is 22.4. The number of aromatic nitrogens is 2. The van der Waals surface area contributed by atoms with E-state index in [-0.39, 0.29) is 0 Å². The minimum Gasteiger partial charge on any atom is -0.492 e. The molecule has 0 radical (unpaired) electrons. The molecule has 3 aromatic rings. The predicted octanol–water partition coefficient (Wildman–Crippen LogP) is 3.24. The van der Waals surface area contributed by atoms with Crippen LogP contribution in [0.4, 0.5) is 5.69 Å². The minimum atomic E-state index is 0.660. The maximum Gasteiger partial charge on any atom is 0.211 e. The molecule has 9 nitrogen and oxygen atoms in total. The van der Waals surface area contributed by atoms with Gasteiger partial charge in [0.05, 0.1) is 32.1 Å². The number of imidazole rings is 1. The maximum atomic E-state index is 10.8. The van der Waals surface area contributed by atoms with Gasteiger partial charge in [0, 0.05) is 68.2 Å². The number of carbonyl (C=O) groups excluding carboxylic acids is 1. The molecule has 2 fully saturated rings. The average molecular weight is 538 g/mol. The molecule has 2 aliphatic heterocycles. The molecule has 0 spiro atoms. The van der Waals surface area contributed by atoms with Gasteiger partial charge in [-0.2, -0.15) is 0 Å². The molecular formula is C28H35N5O4S. The summed E-state index contributed by atoms with van der Waals surface area (Å²) in [5, 5.41) is 3.63. The van der Waals surface area contributed by atoms with Gasteiger partial charge in [-0.25, -0.2) is 4.98 Å². The third kappa shape index (κ3) is 7.36. The van der Waals surface area contributed by atoms with Gasteiger partial charge in [-0.1, -0.05) is 11.8 Å². The van der Waals surface area contributed by atoms with Gasteiger partial charge >= 0.3 is 0 Å². The highest BCUT2D eigenvalue weighted by molar-refractivity contribution is 7.99. The third-order valence-electron chi connectivity index (χ3n) is 6.72. The number of anilines is 1. The molecule has 1 N–H and O–H groups in total. The quantitative estimate of drug-likeness (QED) is 0.279. The Morgan fingerprint density at radius 2 is 1.55 bits per heavy atom. The molecule has 2 saturated heterocycles. The number of nitrogens with one attached hydrogen (secondary N) is 1. The summed E-state index contributed by atoms with van der Waals surface area (Å²) in [5.41, 5.74) is 3.71. The van der Waals surface area contributed by atoms with Crippen molar-refractivity contribution in [3.05, 3.63) is 54.7 Å². The van der Waals surface area contributed by atoms with Gasteiger partial charge in [-0.05, 0) is 48.5 Å². The Kier molecular flexibility index (Phi) is 9.68. The highest BCUT2D eigenvalue weighted by Crippen LogP contribution is 2.29. The number of ether oxygens (including phenoxy) is 3. The van der Waals surface area contributed by atoms with Gasteiger partial charge in [0.15, 0.2) is 5.16 Å². The van der Waals surface area contributed by atoms with Gasteiger partial charge in [-0.3, -0.25) is 19.2 Å². The van der Waals surface area contributed by atoms with Crippen molar-refractivity contribution < 1.29 is 19.0 Å². The summed E-state index contributed by atoms with van der Waals surface area (Å²) in [6, 6.07) is 15.9. The summed E-state index contributed by atoms with van der Waals surface area (Å²) in [6.45, 7) is 9.66. The number of amides is 1. The van der Waals surface area contributed by atoms with E-state index in [4.69, 9.17) is 19.2 Å². The van der Waals surface area contributed by atoms with Crippen LogP contribution in [0.2, 0.25) is 0 Å². The molecule has 0 saturated carbocycles. The third-order valence-corrected chi connectivity index (χ3v) is 7.65. The molecule has 1 amide bonds.